The lowest BCUT2D eigenvalue weighted by Gasteiger charge is -2.09. The van der Waals surface area contributed by atoms with Gasteiger partial charge >= 0.3 is 0 Å². The molecule has 0 bridgehead atoms. The van der Waals surface area contributed by atoms with Crippen LogP contribution in [0.2, 0.25) is 0 Å². The lowest BCUT2D eigenvalue weighted by atomic mass is 10.2. The van der Waals surface area contributed by atoms with E-state index in [1.165, 1.54) is 11.8 Å². The van der Waals surface area contributed by atoms with Crippen molar-refractivity contribution in [1.29, 1.82) is 0 Å². The van der Waals surface area contributed by atoms with Crippen LogP contribution >= 0.6 is 11.8 Å². The predicted octanol–water partition coefficient (Wildman–Crippen LogP) is 4.51. The van der Waals surface area contributed by atoms with E-state index in [1.54, 1.807) is 12.1 Å². The van der Waals surface area contributed by atoms with E-state index in [1.807, 2.05) is 60.9 Å². The summed E-state index contributed by atoms with van der Waals surface area (Å²) in [6.45, 7) is 0.928. The summed E-state index contributed by atoms with van der Waals surface area (Å²) < 4.78 is 11.2. The Hall–Kier alpha value is -2.66. The average molecular weight is 353 g/mol. The Morgan fingerprint density at radius 3 is 2.60 bits per heavy atom. The first-order valence-corrected chi connectivity index (χ1v) is 9.15. The van der Waals surface area contributed by atoms with Crippen molar-refractivity contribution in [3.63, 3.8) is 0 Å². The Morgan fingerprint density at radius 2 is 1.84 bits per heavy atom. The lowest BCUT2D eigenvalue weighted by Crippen LogP contribution is -2.22. The van der Waals surface area contributed by atoms with Gasteiger partial charge in [0, 0.05) is 6.54 Å². The van der Waals surface area contributed by atoms with Gasteiger partial charge in [-0.2, -0.15) is 0 Å². The van der Waals surface area contributed by atoms with Gasteiger partial charge in [0.25, 0.3) is 5.91 Å². The molecule has 0 aliphatic carbocycles. The fraction of sp³-hybridized carbons (Fsp3) is 0.150. The second kappa shape index (κ2) is 8.44. The highest BCUT2D eigenvalue weighted by molar-refractivity contribution is 7.98. The molecule has 1 aromatic heterocycles. The first-order valence-electron chi connectivity index (χ1n) is 7.92. The number of hydrogen-bond donors (Lipinski definition) is 1. The van der Waals surface area contributed by atoms with E-state index < -0.39 is 0 Å². The van der Waals surface area contributed by atoms with Crippen LogP contribution < -0.4 is 10.1 Å². The Kier molecular flexibility index (Phi) is 5.80. The van der Waals surface area contributed by atoms with Crippen LogP contribution in [-0.2, 0) is 13.2 Å². The molecule has 0 saturated heterocycles. The summed E-state index contributed by atoms with van der Waals surface area (Å²) >= 11 is 1.46. The van der Waals surface area contributed by atoms with E-state index in [0.717, 1.165) is 22.0 Å². The van der Waals surface area contributed by atoms with E-state index >= 15 is 0 Å². The zero-order chi connectivity index (χ0) is 17.5. The van der Waals surface area contributed by atoms with E-state index in [4.69, 9.17) is 9.15 Å². The van der Waals surface area contributed by atoms with E-state index in [2.05, 4.69) is 5.32 Å². The van der Waals surface area contributed by atoms with E-state index in [-0.39, 0.29) is 5.91 Å². The average Bonchev–Trinajstić information content (AvgIpc) is 3.15. The number of carbonyl (C=O) groups is 1. The van der Waals surface area contributed by atoms with Gasteiger partial charge in [-0.3, -0.25) is 4.79 Å². The summed E-state index contributed by atoms with van der Waals surface area (Å²) in [5, 5.41) is 3.58. The molecule has 1 N–H and O–H groups in total. The molecule has 0 aliphatic rings. The summed E-state index contributed by atoms with van der Waals surface area (Å²) in [6.07, 6.45) is 1.90. The fourth-order valence-corrected chi connectivity index (χ4v) is 2.68. The molecule has 0 spiro atoms. The second-order valence-corrected chi connectivity index (χ2v) is 6.24. The number of carbonyl (C=O) groups excluding carboxylic acids is 1. The minimum atomic E-state index is -0.226. The number of furan rings is 1. The molecule has 0 aliphatic heterocycles. The summed E-state index contributed by atoms with van der Waals surface area (Å²) in [5.74, 6) is 0.870. The number of hydrogen-bond acceptors (Lipinski definition) is 4. The van der Waals surface area contributed by atoms with Gasteiger partial charge in [-0.25, -0.2) is 0 Å². The third kappa shape index (κ3) is 4.90. The Bertz CT molecular complexity index is 830. The first kappa shape index (κ1) is 17.2. The van der Waals surface area contributed by atoms with Gasteiger partial charge < -0.3 is 14.5 Å². The molecule has 0 atom stereocenters. The van der Waals surface area contributed by atoms with Crippen LogP contribution in [0.1, 0.15) is 21.7 Å². The molecule has 3 aromatic rings. The van der Waals surface area contributed by atoms with Crippen molar-refractivity contribution in [3.8, 4) is 5.75 Å². The molecular formula is C20H19NO3S. The molecule has 0 fully saturated rings. The Morgan fingerprint density at radius 1 is 1.04 bits per heavy atom. The molecule has 25 heavy (non-hydrogen) atoms. The molecular weight excluding hydrogens is 334 g/mol. The van der Waals surface area contributed by atoms with E-state index in [9.17, 15) is 4.79 Å². The van der Waals surface area contributed by atoms with Gasteiger partial charge in [0.05, 0.1) is 0 Å². The number of rotatable bonds is 7. The monoisotopic (exact) mass is 353 g/mol. The molecule has 0 saturated carbocycles. The smallest absolute Gasteiger partial charge is 0.287 e. The van der Waals surface area contributed by atoms with Crippen LogP contribution in [-0.4, -0.2) is 12.2 Å². The summed E-state index contributed by atoms with van der Waals surface area (Å²) in [4.78, 5) is 12.1. The normalized spacial score (nSPS) is 10.4. The zero-order valence-electron chi connectivity index (χ0n) is 13.9. The molecule has 4 nitrogen and oxygen atoms in total. The van der Waals surface area contributed by atoms with Crippen molar-refractivity contribution in [2.45, 2.75) is 18.2 Å². The second-order valence-electron chi connectivity index (χ2n) is 5.43. The molecule has 128 valence electrons. The zero-order valence-corrected chi connectivity index (χ0v) is 14.7. The molecule has 5 heteroatoms. The Labute approximate surface area is 151 Å². The maximum Gasteiger partial charge on any atom is 0.287 e. The number of benzene rings is 2. The van der Waals surface area contributed by atoms with Crippen molar-refractivity contribution >= 4 is 17.7 Å². The molecule has 1 heterocycles. The predicted molar refractivity (Wildman–Crippen MR) is 98.9 cm³/mol. The van der Waals surface area contributed by atoms with Crippen molar-refractivity contribution in [2.24, 2.45) is 0 Å². The van der Waals surface area contributed by atoms with Gasteiger partial charge in [0.1, 0.15) is 12.4 Å². The van der Waals surface area contributed by atoms with Crippen molar-refractivity contribution in [1.82, 2.24) is 5.32 Å². The summed E-state index contributed by atoms with van der Waals surface area (Å²) in [6, 6.07) is 21.2. The van der Waals surface area contributed by atoms with Crippen molar-refractivity contribution < 1.29 is 13.9 Å². The molecule has 0 radical (unpaired) electrons. The number of ether oxygens (including phenoxy) is 1. The molecule has 3 rings (SSSR count). The van der Waals surface area contributed by atoms with Crippen LogP contribution in [0.25, 0.3) is 0 Å². The third-order valence-electron chi connectivity index (χ3n) is 3.61. The van der Waals surface area contributed by atoms with Crippen LogP contribution in [0.4, 0.5) is 0 Å². The van der Waals surface area contributed by atoms with Crippen molar-refractivity contribution in [2.75, 3.05) is 6.26 Å². The number of nitrogens with one attached hydrogen (secondary N) is 1. The van der Waals surface area contributed by atoms with Gasteiger partial charge in [0.2, 0.25) is 0 Å². The largest absolute Gasteiger partial charge is 0.489 e. The van der Waals surface area contributed by atoms with Crippen LogP contribution in [0.5, 0.6) is 5.75 Å². The topological polar surface area (TPSA) is 51.5 Å². The molecule has 1 amide bonds. The van der Waals surface area contributed by atoms with Crippen LogP contribution in [0, 0.1) is 0 Å². The maximum atomic E-state index is 12.1. The SMILES string of the molecule is CSc1ccc(C(=O)NCc2cccc(OCc3ccccc3)c2)o1. The first-order chi connectivity index (χ1) is 12.2. The van der Waals surface area contributed by atoms with E-state index in [0.29, 0.717) is 18.9 Å². The van der Waals surface area contributed by atoms with Gasteiger partial charge in [-0.15, -0.1) is 0 Å². The highest BCUT2D eigenvalue weighted by atomic mass is 32.2. The quantitative estimate of drug-likeness (QED) is 0.635. The van der Waals surface area contributed by atoms with Gasteiger partial charge in [-0.1, -0.05) is 54.2 Å². The molecule has 0 unspecified atom stereocenters. The number of amides is 1. The number of thioether (sulfide) groups is 1. The molecule has 2 aromatic carbocycles. The van der Waals surface area contributed by atoms with Gasteiger partial charge in [-0.05, 0) is 41.6 Å². The summed E-state index contributed by atoms with van der Waals surface area (Å²) in [5.41, 5.74) is 2.08. The van der Waals surface area contributed by atoms with Crippen molar-refractivity contribution in [3.05, 3.63) is 83.6 Å². The standard InChI is InChI=1S/C20H19NO3S/c1-25-19-11-10-18(24-19)20(22)21-13-16-8-5-9-17(12-16)23-14-15-6-3-2-4-7-15/h2-12H,13-14H2,1H3,(H,21,22). The lowest BCUT2D eigenvalue weighted by molar-refractivity contribution is 0.0918. The minimum Gasteiger partial charge on any atom is -0.489 e. The van der Waals surface area contributed by atoms with Crippen LogP contribution in [0.15, 0.2) is 76.2 Å². The maximum absolute atomic E-state index is 12.1. The highest BCUT2D eigenvalue weighted by Crippen LogP contribution is 2.18. The van der Waals surface area contributed by atoms with Crippen LogP contribution in [0.3, 0.4) is 0 Å². The fourth-order valence-electron chi connectivity index (χ4n) is 2.31. The minimum absolute atomic E-state index is 0.226. The third-order valence-corrected chi connectivity index (χ3v) is 4.23. The van der Waals surface area contributed by atoms with Gasteiger partial charge in [0.15, 0.2) is 10.9 Å². The summed E-state index contributed by atoms with van der Waals surface area (Å²) in [7, 11) is 0. The Balaban J connectivity index is 1.55. The highest BCUT2D eigenvalue weighted by Gasteiger charge is 2.10.